The van der Waals surface area contributed by atoms with Crippen molar-refractivity contribution in [3.05, 3.63) is 64.4 Å². The van der Waals surface area contributed by atoms with Gasteiger partial charge in [0.25, 0.3) is 0 Å². The molecule has 0 saturated carbocycles. The fourth-order valence-electron chi connectivity index (χ4n) is 2.82. The quantitative estimate of drug-likeness (QED) is 0.804. The van der Waals surface area contributed by atoms with Gasteiger partial charge in [-0.2, -0.15) is 0 Å². The molecule has 0 bridgehead atoms. The van der Waals surface area contributed by atoms with Gasteiger partial charge in [0.15, 0.2) is 0 Å². The highest BCUT2D eigenvalue weighted by atomic mass is 32.1. The normalized spacial score (nSPS) is 17.3. The van der Waals surface area contributed by atoms with Gasteiger partial charge in [-0.25, -0.2) is 0 Å². The minimum Gasteiger partial charge on any atom is -0.300 e. The first kappa shape index (κ1) is 15.5. The van der Waals surface area contributed by atoms with Crippen LogP contribution in [0.5, 0.6) is 0 Å². The molecule has 0 radical (unpaired) electrons. The second-order valence-corrected chi connectivity index (χ2v) is 6.82. The molecule has 0 spiro atoms. The zero-order chi connectivity index (χ0) is 15.0. The van der Waals surface area contributed by atoms with Gasteiger partial charge in [0.1, 0.15) is 0 Å². The molecule has 3 heteroatoms. The van der Waals surface area contributed by atoms with Crippen LogP contribution in [0.1, 0.15) is 10.4 Å². The van der Waals surface area contributed by atoms with E-state index in [2.05, 4.69) is 69.8 Å². The molecule has 0 N–H and O–H groups in total. The van der Waals surface area contributed by atoms with E-state index in [1.54, 1.807) is 0 Å². The fourth-order valence-corrected chi connectivity index (χ4v) is 3.52. The minimum absolute atomic E-state index is 1.06. The Bertz CT molecular complexity index is 554. The third kappa shape index (κ3) is 4.80. The van der Waals surface area contributed by atoms with E-state index in [0.29, 0.717) is 0 Å². The van der Waals surface area contributed by atoms with E-state index in [4.69, 9.17) is 0 Å². The van der Waals surface area contributed by atoms with Crippen molar-refractivity contribution in [2.24, 2.45) is 0 Å². The van der Waals surface area contributed by atoms with Gasteiger partial charge >= 0.3 is 0 Å². The molecule has 1 saturated heterocycles. The zero-order valence-corrected chi connectivity index (χ0v) is 13.8. The maximum Gasteiger partial charge on any atom is 0.0167 e. The summed E-state index contributed by atoms with van der Waals surface area (Å²) in [5, 5.41) is 2.17. The van der Waals surface area contributed by atoms with E-state index >= 15 is 0 Å². The second-order valence-electron chi connectivity index (χ2n) is 5.78. The van der Waals surface area contributed by atoms with Gasteiger partial charge in [-0.15, -0.1) is 11.3 Å². The lowest BCUT2D eigenvalue weighted by molar-refractivity contribution is 0.144. The summed E-state index contributed by atoms with van der Waals surface area (Å²) in [5.41, 5.74) is 1.29. The Morgan fingerprint density at radius 1 is 0.909 bits per heavy atom. The van der Waals surface area contributed by atoms with Crippen LogP contribution in [0.25, 0.3) is 6.08 Å². The van der Waals surface area contributed by atoms with Crippen molar-refractivity contribution in [1.82, 2.24) is 9.80 Å². The topological polar surface area (TPSA) is 6.48 Å². The molecule has 0 unspecified atom stereocenters. The summed E-state index contributed by atoms with van der Waals surface area (Å²) in [6, 6.07) is 14.9. The third-order valence-electron chi connectivity index (χ3n) is 4.19. The molecule has 116 valence electrons. The number of rotatable bonds is 6. The summed E-state index contributed by atoms with van der Waals surface area (Å²) in [6.45, 7) is 7.03. The lowest BCUT2D eigenvalue weighted by Gasteiger charge is -2.34. The van der Waals surface area contributed by atoms with Crippen LogP contribution in [-0.4, -0.2) is 49.1 Å². The van der Waals surface area contributed by atoms with Crippen molar-refractivity contribution in [2.45, 2.75) is 6.42 Å². The molecule has 22 heavy (non-hydrogen) atoms. The smallest absolute Gasteiger partial charge is 0.0167 e. The van der Waals surface area contributed by atoms with E-state index in [9.17, 15) is 0 Å². The molecule has 1 aromatic carbocycles. The van der Waals surface area contributed by atoms with Crippen LogP contribution in [0.4, 0.5) is 0 Å². The van der Waals surface area contributed by atoms with Crippen molar-refractivity contribution < 1.29 is 0 Å². The van der Waals surface area contributed by atoms with Crippen LogP contribution < -0.4 is 0 Å². The summed E-state index contributed by atoms with van der Waals surface area (Å²) in [6.07, 6.45) is 5.71. The largest absolute Gasteiger partial charge is 0.300 e. The van der Waals surface area contributed by atoms with Crippen molar-refractivity contribution in [2.75, 3.05) is 39.3 Å². The predicted molar refractivity (Wildman–Crippen MR) is 96.4 cm³/mol. The van der Waals surface area contributed by atoms with Crippen LogP contribution >= 0.6 is 11.3 Å². The molecule has 3 rings (SSSR count). The molecule has 2 aromatic rings. The number of piperazine rings is 1. The van der Waals surface area contributed by atoms with E-state index in [1.165, 1.54) is 49.6 Å². The second kappa shape index (κ2) is 8.28. The third-order valence-corrected chi connectivity index (χ3v) is 5.13. The highest BCUT2D eigenvalue weighted by molar-refractivity contribution is 7.09. The molecular weight excluding hydrogens is 288 g/mol. The Kier molecular flexibility index (Phi) is 5.82. The molecule has 2 heterocycles. The van der Waals surface area contributed by atoms with Gasteiger partial charge in [-0.3, -0.25) is 4.90 Å². The molecule has 0 aliphatic carbocycles. The Hall–Kier alpha value is -1.42. The number of thiophene rings is 1. The molecule has 1 fully saturated rings. The van der Waals surface area contributed by atoms with E-state index in [1.807, 2.05) is 11.3 Å². The van der Waals surface area contributed by atoms with Crippen molar-refractivity contribution >= 4 is 17.4 Å². The first-order chi connectivity index (χ1) is 10.9. The van der Waals surface area contributed by atoms with Gasteiger partial charge in [0.2, 0.25) is 0 Å². The van der Waals surface area contributed by atoms with Crippen molar-refractivity contribution in [1.29, 1.82) is 0 Å². The van der Waals surface area contributed by atoms with Crippen LogP contribution in [0.2, 0.25) is 0 Å². The number of nitrogens with zero attached hydrogens (tertiary/aromatic N) is 2. The number of hydrogen-bond donors (Lipinski definition) is 0. The Morgan fingerprint density at radius 3 is 2.41 bits per heavy atom. The highest BCUT2D eigenvalue weighted by Crippen LogP contribution is 2.11. The van der Waals surface area contributed by atoms with Crippen molar-refractivity contribution in [3.63, 3.8) is 0 Å². The average Bonchev–Trinajstić information content (AvgIpc) is 3.09. The van der Waals surface area contributed by atoms with E-state index in [-0.39, 0.29) is 0 Å². The van der Waals surface area contributed by atoms with E-state index < -0.39 is 0 Å². The predicted octanol–water partition coefficient (Wildman–Crippen LogP) is 3.62. The lowest BCUT2D eigenvalue weighted by atomic mass is 10.2. The van der Waals surface area contributed by atoms with Gasteiger partial charge in [0.05, 0.1) is 0 Å². The van der Waals surface area contributed by atoms with Crippen LogP contribution in [0.3, 0.4) is 0 Å². The van der Waals surface area contributed by atoms with Crippen LogP contribution in [0, 0.1) is 0 Å². The monoisotopic (exact) mass is 312 g/mol. The first-order valence-electron chi connectivity index (χ1n) is 8.09. The van der Waals surface area contributed by atoms with Gasteiger partial charge in [0, 0.05) is 44.1 Å². The minimum atomic E-state index is 1.06. The first-order valence-corrected chi connectivity index (χ1v) is 8.97. The lowest BCUT2D eigenvalue weighted by Crippen LogP contribution is -2.46. The summed E-state index contributed by atoms with van der Waals surface area (Å²) < 4.78 is 0. The van der Waals surface area contributed by atoms with Gasteiger partial charge in [-0.1, -0.05) is 48.6 Å². The summed E-state index contributed by atoms with van der Waals surface area (Å²) in [4.78, 5) is 6.64. The highest BCUT2D eigenvalue weighted by Gasteiger charge is 2.15. The molecular formula is C19H24N2S. The molecule has 1 aliphatic rings. The Balaban J connectivity index is 1.36. The maximum absolute atomic E-state index is 2.59. The fraction of sp³-hybridized carbons (Fsp3) is 0.368. The molecule has 0 atom stereocenters. The summed E-state index contributed by atoms with van der Waals surface area (Å²) >= 11 is 1.87. The standard InChI is InChI=1S/C19H24N2S/c1-2-6-18(7-3-1)8-4-11-20-13-15-21(16-14-20)12-10-19-9-5-17-22-19/h1-9,17H,10-16H2/b8-4+. The zero-order valence-electron chi connectivity index (χ0n) is 13.0. The van der Waals surface area contributed by atoms with Crippen molar-refractivity contribution in [3.8, 4) is 0 Å². The maximum atomic E-state index is 2.59. The number of hydrogen-bond acceptors (Lipinski definition) is 3. The molecule has 1 aromatic heterocycles. The Labute approximate surface area is 137 Å². The summed E-state index contributed by atoms with van der Waals surface area (Å²) in [7, 11) is 0. The van der Waals surface area contributed by atoms with Gasteiger partial charge < -0.3 is 4.90 Å². The van der Waals surface area contributed by atoms with Crippen LogP contribution in [-0.2, 0) is 6.42 Å². The van der Waals surface area contributed by atoms with Crippen LogP contribution in [0.15, 0.2) is 53.9 Å². The van der Waals surface area contributed by atoms with Gasteiger partial charge in [-0.05, 0) is 23.4 Å². The molecule has 1 aliphatic heterocycles. The Morgan fingerprint density at radius 2 is 1.68 bits per heavy atom. The number of benzene rings is 1. The van der Waals surface area contributed by atoms with E-state index in [0.717, 1.165) is 6.54 Å². The average molecular weight is 312 g/mol. The SMILES string of the molecule is C(=C\c1ccccc1)/CN1CCN(CCc2cccs2)CC1. The summed E-state index contributed by atoms with van der Waals surface area (Å²) in [5.74, 6) is 0. The molecule has 0 amide bonds. The molecule has 2 nitrogen and oxygen atoms in total.